The predicted molar refractivity (Wildman–Crippen MR) is 48.8 cm³/mol. The molecule has 0 aliphatic rings. The first-order valence-corrected chi connectivity index (χ1v) is 3.98. The van der Waals surface area contributed by atoms with E-state index in [1.165, 1.54) is 13.4 Å². The fraction of sp³-hybridized carbons (Fsp3) is 0.250. The van der Waals surface area contributed by atoms with Crippen molar-refractivity contribution < 1.29 is 4.84 Å². The van der Waals surface area contributed by atoms with Crippen LogP contribution in [0.4, 0.5) is 0 Å². The summed E-state index contributed by atoms with van der Waals surface area (Å²) in [5.74, 6) is 0. The third kappa shape index (κ3) is 1.20. The van der Waals surface area contributed by atoms with E-state index in [9.17, 15) is 4.79 Å². The zero-order valence-electron chi connectivity index (χ0n) is 7.76. The van der Waals surface area contributed by atoms with Crippen LogP contribution in [0.25, 0.3) is 11.2 Å². The molecule has 2 heterocycles. The molecule has 0 radical (unpaired) electrons. The second-order valence-electron chi connectivity index (χ2n) is 2.74. The van der Waals surface area contributed by atoms with E-state index in [0.717, 1.165) is 4.73 Å². The molecular formula is C8H8N4O2. The van der Waals surface area contributed by atoms with E-state index >= 15 is 0 Å². The van der Waals surface area contributed by atoms with Gasteiger partial charge in [-0.3, -0.25) is 4.79 Å². The first-order valence-electron chi connectivity index (χ1n) is 3.98. The quantitative estimate of drug-likeness (QED) is 0.612. The number of hydrogen-bond acceptors (Lipinski definition) is 5. The first kappa shape index (κ1) is 8.61. The molecule has 2 aromatic heterocycles. The SMILES string of the molecule is COn1cnc2ncc(C)nc2c1=O. The molecule has 0 bridgehead atoms. The summed E-state index contributed by atoms with van der Waals surface area (Å²) in [7, 11) is 1.39. The molecule has 2 aromatic rings. The molecule has 0 aliphatic carbocycles. The summed E-state index contributed by atoms with van der Waals surface area (Å²) in [6.45, 7) is 1.76. The van der Waals surface area contributed by atoms with Crippen LogP contribution >= 0.6 is 0 Å². The number of hydrogen-bond donors (Lipinski definition) is 0. The Morgan fingerprint density at radius 3 is 2.93 bits per heavy atom. The summed E-state index contributed by atoms with van der Waals surface area (Å²) >= 11 is 0. The van der Waals surface area contributed by atoms with E-state index in [1.807, 2.05) is 0 Å². The van der Waals surface area contributed by atoms with Gasteiger partial charge in [0.05, 0.1) is 11.9 Å². The second kappa shape index (κ2) is 3.06. The van der Waals surface area contributed by atoms with Crippen molar-refractivity contribution in [3.63, 3.8) is 0 Å². The lowest BCUT2D eigenvalue weighted by atomic mass is 10.4. The van der Waals surface area contributed by atoms with Crippen molar-refractivity contribution in [3.8, 4) is 0 Å². The minimum Gasteiger partial charge on any atom is -0.413 e. The van der Waals surface area contributed by atoms with Crippen LogP contribution in [0.3, 0.4) is 0 Å². The molecule has 0 saturated carbocycles. The molecule has 6 nitrogen and oxygen atoms in total. The van der Waals surface area contributed by atoms with E-state index in [2.05, 4.69) is 15.0 Å². The highest BCUT2D eigenvalue weighted by atomic mass is 16.6. The Labute approximate surface area is 79.2 Å². The van der Waals surface area contributed by atoms with Gasteiger partial charge in [0.2, 0.25) is 0 Å². The van der Waals surface area contributed by atoms with E-state index in [0.29, 0.717) is 11.3 Å². The molecule has 0 spiro atoms. The summed E-state index contributed by atoms with van der Waals surface area (Å²) in [5, 5.41) is 0. The van der Waals surface area contributed by atoms with E-state index in [-0.39, 0.29) is 11.1 Å². The Morgan fingerprint density at radius 1 is 1.43 bits per heavy atom. The molecule has 0 fully saturated rings. The van der Waals surface area contributed by atoms with Crippen LogP contribution in [0.1, 0.15) is 5.69 Å². The maximum absolute atomic E-state index is 11.6. The normalized spacial score (nSPS) is 10.4. The van der Waals surface area contributed by atoms with Gasteiger partial charge < -0.3 is 4.84 Å². The van der Waals surface area contributed by atoms with Crippen LogP contribution in [-0.2, 0) is 0 Å². The van der Waals surface area contributed by atoms with E-state index < -0.39 is 0 Å². The van der Waals surface area contributed by atoms with Crippen molar-refractivity contribution >= 4 is 11.2 Å². The largest absolute Gasteiger partial charge is 0.413 e. The fourth-order valence-electron chi connectivity index (χ4n) is 1.10. The standard InChI is InChI=1S/C8H8N4O2/c1-5-3-9-7-6(11-5)8(13)12(14-2)4-10-7/h3-4H,1-2H3. The van der Waals surface area contributed by atoms with E-state index in [4.69, 9.17) is 4.84 Å². The minimum absolute atomic E-state index is 0.217. The lowest BCUT2D eigenvalue weighted by Crippen LogP contribution is -2.26. The number of rotatable bonds is 1. The topological polar surface area (TPSA) is 69.9 Å². The van der Waals surface area contributed by atoms with Crippen LogP contribution in [0.15, 0.2) is 17.3 Å². The summed E-state index contributed by atoms with van der Waals surface area (Å²) in [4.78, 5) is 28.3. The van der Waals surface area contributed by atoms with Crippen LogP contribution < -0.4 is 10.4 Å². The third-order valence-corrected chi connectivity index (χ3v) is 1.76. The number of aromatic nitrogens is 4. The summed E-state index contributed by atoms with van der Waals surface area (Å²) in [5.41, 5.74) is 0.863. The molecule has 0 atom stereocenters. The Hall–Kier alpha value is -1.98. The number of nitrogens with zero attached hydrogens (tertiary/aromatic N) is 4. The highest BCUT2D eigenvalue weighted by molar-refractivity contribution is 5.67. The van der Waals surface area contributed by atoms with Gasteiger partial charge in [-0.25, -0.2) is 15.0 Å². The zero-order chi connectivity index (χ0) is 10.1. The molecule has 0 aliphatic heterocycles. The number of aryl methyl sites for hydroxylation is 1. The van der Waals surface area contributed by atoms with Crippen LogP contribution in [0.5, 0.6) is 0 Å². The van der Waals surface area contributed by atoms with Crippen molar-refractivity contribution in [1.29, 1.82) is 0 Å². The van der Waals surface area contributed by atoms with Crippen molar-refractivity contribution in [1.82, 2.24) is 19.7 Å². The molecule has 72 valence electrons. The fourth-order valence-corrected chi connectivity index (χ4v) is 1.10. The van der Waals surface area contributed by atoms with Gasteiger partial charge in [0.25, 0.3) is 0 Å². The average Bonchev–Trinajstić information content (AvgIpc) is 2.20. The smallest absolute Gasteiger partial charge is 0.314 e. The van der Waals surface area contributed by atoms with Gasteiger partial charge in [-0.2, -0.15) is 0 Å². The van der Waals surface area contributed by atoms with Gasteiger partial charge in [0, 0.05) is 0 Å². The minimum atomic E-state index is -0.353. The van der Waals surface area contributed by atoms with Crippen LogP contribution in [-0.4, -0.2) is 26.8 Å². The van der Waals surface area contributed by atoms with Gasteiger partial charge >= 0.3 is 5.56 Å². The lowest BCUT2D eigenvalue weighted by molar-refractivity contribution is 0.155. The summed E-state index contributed by atoms with van der Waals surface area (Å²) < 4.78 is 1.01. The molecule has 2 rings (SSSR count). The maximum Gasteiger partial charge on any atom is 0.314 e. The molecule has 14 heavy (non-hydrogen) atoms. The van der Waals surface area contributed by atoms with Crippen LogP contribution in [0, 0.1) is 6.92 Å². The van der Waals surface area contributed by atoms with Crippen molar-refractivity contribution in [2.45, 2.75) is 6.92 Å². The van der Waals surface area contributed by atoms with Crippen molar-refractivity contribution in [3.05, 3.63) is 28.6 Å². The highest BCUT2D eigenvalue weighted by Gasteiger charge is 2.06. The Bertz CT molecular complexity index is 534. The number of fused-ring (bicyclic) bond motifs is 1. The maximum atomic E-state index is 11.6. The lowest BCUT2D eigenvalue weighted by Gasteiger charge is -2.02. The summed E-state index contributed by atoms with van der Waals surface area (Å²) in [6, 6.07) is 0. The van der Waals surface area contributed by atoms with Gasteiger partial charge in [-0.1, -0.05) is 0 Å². The molecular weight excluding hydrogens is 184 g/mol. The molecule has 6 heteroatoms. The zero-order valence-corrected chi connectivity index (χ0v) is 7.76. The van der Waals surface area contributed by atoms with Crippen LogP contribution in [0.2, 0.25) is 0 Å². The first-order chi connectivity index (χ1) is 6.72. The van der Waals surface area contributed by atoms with Gasteiger partial charge in [-0.05, 0) is 6.92 Å². The average molecular weight is 192 g/mol. The van der Waals surface area contributed by atoms with Gasteiger partial charge in [-0.15, -0.1) is 4.73 Å². The molecule has 0 saturated heterocycles. The van der Waals surface area contributed by atoms with Crippen molar-refractivity contribution in [2.75, 3.05) is 7.11 Å². The van der Waals surface area contributed by atoms with Gasteiger partial charge in [0.15, 0.2) is 11.2 Å². The Kier molecular flexibility index (Phi) is 1.88. The highest BCUT2D eigenvalue weighted by Crippen LogP contribution is 1.99. The monoisotopic (exact) mass is 192 g/mol. The Morgan fingerprint density at radius 2 is 2.21 bits per heavy atom. The molecule has 0 unspecified atom stereocenters. The third-order valence-electron chi connectivity index (χ3n) is 1.76. The predicted octanol–water partition coefficient (Wildman–Crippen LogP) is -0.447. The summed E-state index contributed by atoms with van der Waals surface area (Å²) in [6.07, 6.45) is 2.83. The molecule has 0 amide bonds. The van der Waals surface area contributed by atoms with Crippen molar-refractivity contribution in [2.24, 2.45) is 0 Å². The van der Waals surface area contributed by atoms with E-state index in [1.54, 1.807) is 13.1 Å². The second-order valence-corrected chi connectivity index (χ2v) is 2.74. The molecule has 0 aromatic carbocycles. The van der Waals surface area contributed by atoms with Gasteiger partial charge in [0.1, 0.15) is 13.4 Å². The Balaban J connectivity index is 2.87. The molecule has 0 N–H and O–H groups in total.